The number of rotatable bonds is 5. The molecule has 0 bridgehead atoms. The first kappa shape index (κ1) is 41.8. The van der Waals surface area contributed by atoms with Gasteiger partial charge in [0.2, 0.25) is 0 Å². The minimum Gasteiger partial charge on any atom is -0.657 e. The van der Waals surface area contributed by atoms with Gasteiger partial charge >= 0.3 is 61.8 Å². The summed E-state index contributed by atoms with van der Waals surface area (Å²) >= 11 is 1.58. The van der Waals surface area contributed by atoms with Crippen molar-refractivity contribution in [3.8, 4) is 0 Å². The van der Waals surface area contributed by atoms with Crippen molar-refractivity contribution in [1.82, 2.24) is 0 Å². The third-order valence-electron chi connectivity index (χ3n) is 5.13. The largest absolute Gasteiger partial charge is 0.657 e. The standard InChI is InChI=1S/C20H14F12NO2.C4H10O.C3H6.W/c1-9-3-5-13(11(7-9)15(34,17(21,22)23)18(24,25)26)33-14-6-4-10(2)8-12(14)16(35,19(27,28)29)20(30,31)32;1-4(2,3)5;1-3-2;/h3-8,34-35H,1-2H3;5H,1-3H3;1H,3H2,2H3;/q-1;;;. The monoisotopic (exact) mass is 828 g/mol. The zero-order valence-electron chi connectivity index (χ0n) is 24.0. The van der Waals surface area contributed by atoms with Gasteiger partial charge in [0.15, 0.2) is 0 Å². The molecule has 0 heterocycles. The van der Waals surface area contributed by atoms with Gasteiger partial charge in [-0.15, -0.1) is 11.4 Å². The minimum absolute atomic E-state index is 0.188. The maximum absolute atomic E-state index is 13.4. The van der Waals surface area contributed by atoms with Gasteiger partial charge in [-0.25, -0.2) is 0 Å². The molecule has 3 N–H and O–H groups in total. The maximum atomic E-state index is 13.4. The number of aliphatic hydroxyl groups is 3. The molecule has 0 aromatic heterocycles. The first-order valence-electron chi connectivity index (χ1n) is 12.2. The third-order valence-corrected chi connectivity index (χ3v) is 6.33. The molecule has 0 amide bonds. The van der Waals surface area contributed by atoms with Crippen molar-refractivity contribution in [3.05, 3.63) is 64.0 Å². The summed E-state index contributed by atoms with van der Waals surface area (Å²) < 4.78 is 163. The zero-order chi connectivity index (χ0) is 35.3. The predicted molar refractivity (Wildman–Crippen MR) is 135 cm³/mol. The number of alkyl halides is 12. The van der Waals surface area contributed by atoms with E-state index in [9.17, 15) is 62.9 Å². The number of hydrogen-bond acceptors (Lipinski definition) is 3. The fourth-order valence-corrected chi connectivity index (χ4v) is 3.14. The average Bonchev–Trinajstić information content (AvgIpc) is 2.81. The molecule has 4 nitrogen and oxygen atoms in total. The maximum Gasteiger partial charge on any atom is 0.430 e. The van der Waals surface area contributed by atoms with E-state index in [1.807, 2.05) is 0 Å². The molecule has 2 rings (SSSR count). The molecule has 0 aliphatic rings. The van der Waals surface area contributed by atoms with Crippen LogP contribution in [0.2, 0.25) is 0 Å². The average molecular weight is 828 g/mol. The van der Waals surface area contributed by atoms with Crippen LogP contribution in [0.25, 0.3) is 5.32 Å². The Morgan fingerprint density at radius 2 is 0.841 bits per heavy atom. The van der Waals surface area contributed by atoms with Crippen LogP contribution in [0, 0.1) is 13.8 Å². The first-order valence-corrected chi connectivity index (χ1v) is 13.9. The number of nitrogens with zero attached hydrogens (tertiary/aromatic N) is 1. The molecule has 44 heavy (non-hydrogen) atoms. The van der Waals surface area contributed by atoms with Crippen LogP contribution in [0.15, 0.2) is 36.4 Å². The number of hydrogen-bond donors (Lipinski definition) is 3. The summed E-state index contributed by atoms with van der Waals surface area (Å²) in [4.78, 5) is 0. The topological polar surface area (TPSA) is 74.8 Å². The SMILES string of the molecule is CC(C)(C)O.CC[CH]=[W].Cc1ccc([N-]c2ccc(C)cc2C(O)(C(F)(F)F)C(F)(F)F)c(C(O)(C(F)(F)F)C(F)(F)F)c1. The van der Waals surface area contributed by atoms with Crippen molar-refractivity contribution >= 4 is 15.8 Å². The van der Waals surface area contributed by atoms with Crippen LogP contribution in [0.1, 0.15) is 56.4 Å². The molecule has 0 saturated carbocycles. The van der Waals surface area contributed by atoms with Crippen LogP contribution < -0.4 is 0 Å². The molecule has 0 saturated heterocycles. The van der Waals surface area contributed by atoms with E-state index in [2.05, 4.69) is 16.6 Å². The van der Waals surface area contributed by atoms with Crippen LogP contribution in [0.4, 0.5) is 64.1 Å². The molecule has 0 aliphatic carbocycles. The fourth-order valence-electron chi connectivity index (χ4n) is 3.14. The van der Waals surface area contributed by atoms with Gasteiger partial charge < -0.3 is 20.6 Å². The van der Waals surface area contributed by atoms with Gasteiger partial charge in [0.25, 0.3) is 11.2 Å². The van der Waals surface area contributed by atoms with E-state index >= 15 is 0 Å². The number of halogens is 12. The summed E-state index contributed by atoms with van der Waals surface area (Å²) in [5.41, 5.74) is -19.1. The van der Waals surface area contributed by atoms with E-state index in [1.54, 1.807) is 40.1 Å². The summed E-state index contributed by atoms with van der Waals surface area (Å²) in [5, 5.41) is 31.2. The van der Waals surface area contributed by atoms with Gasteiger partial charge in [0.05, 0.1) is 5.60 Å². The Balaban J connectivity index is 0.00000180. The van der Waals surface area contributed by atoms with Gasteiger partial charge in [-0.05, 0) is 45.7 Å². The summed E-state index contributed by atoms with van der Waals surface area (Å²) in [7, 11) is 0. The second-order valence-corrected chi connectivity index (χ2v) is 11.5. The molecular formula is C27H30F12NO3W-. The Labute approximate surface area is 256 Å². The molecule has 2 aromatic carbocycles. The Morgan fingerprint density at radius 1 is 0.614 bits per heavy atom. The number of benzene rings is 2. The van der Waals surface area contributed by atoms with Crippen molar-refractivity contribution in [2.75, 3.05) is 0 Å². The van der Waals surface area contributed by atoms with Crippen LogP contribution >= 0.6 is 0 Å². The Hall–Kier alpha value is -2.16. The Kier molecular flexibility index (Phi) is 13.8. The third kappa shape index (κ3) is 10.2. The molecule has 252 valence electrons. The van der Waals surface area contributed by atoms with E-state index in [4.69, 9.17) is 5.11 Å². The normalized spacial score (nSPS) is 13.3. The van der Waals surface area contributed by atoms with E-state index in [0.29, 0.717) is 12.1 Å². The fraction of sp³-hybridized carbons (Fsp3) is 0.519. The minimum atomic E-state index is -6.42. The van der Waals surface area contributed by atoms with Crippen LogP contribution in [-0.2, 0) is 30.6 Å². The van der Waals surface area contributed by atoms with Crippen LogP contribution in [0.3, 0.4) is 0 Å². The quantitative estimate of drug-likeness (QED) is 0.264. The molecule has 0 spiro atoms. The summed E-state index contributed by atoms with van der Waals surface area (Å²) in [6.45, 7) is 9.41. The van der Waals surface area contributed by atoms with Crippen LogP contribution in [-0.4, -0.2) is 50.0 Å². The molecular weight excluding hydrogens is 798 g/mol. The predicted octanol–water partition coefficient (Wildman–Crippen LogP) is 8.79. The second-order valence-electron chi connectivity index (χ2n) is 10.3. The van der Waals surface area contributed by atoms with Gasteiger partial charge in [-0.3, -0.25) is 0 Å². The van der Waals surface area contributed by atoms with Gasteiger partial charge in [-0.1, -0.05) is 47.5 Å². The summed E-state index contributed by atoms with van der Waals surface area (Å²) in [6, 6.07) is 2.99. The Morgan fingerprint density at radius 3 is 1.02 bits per heavy atom. The van der Waals surface area contributed by atoms with Crippen molar-refractivity contribution in [3.63, 3.8) is 0 Å². The van der Waals surface area contributed by atoms with Gasteiger partial charge in [0, 0.05) is 0 Å². The molecule has 17 heteroatoms. The van der Waals surface area contributed by atoms with E-state index in [1.165, 1.54) is 6.42 Å². The van der Waals surface area contributed by atoms with Crippen molar-refractivity contribution in [2.24, 2.45) is 0 Å². The zero-order valence-corrected chi connectivity index (χ0v) is 26.9. The smallest absolute Gasteiger partial charge is 0.430 e. The summed E-state index contributed by atoms with van der Waals surface area (Å²) in [6.07, 6.45) is -24.4. The van der Waals surface area contributed by atoms with Crippen LogP contribution in [0.5, 0.6) is 0 Å². The van der Waals surface area contributed by atoms with Gasteiger partial charge in [0.1, 0.15) is 0 Å². The number of aryl methyl sites for hydroxylation is 2. The van der Waals surface area contributed by atoms with E-state index in [-0.39, 0.29) is 23.3 Å². The second kappa shape index (κ2) is 14.5. The molecule has 0 aliphatic heterocycles. The molecule has 0 atom stereocenters. The summed E-state index contributed by atoms with van der Waals surface area (Å²) in [5.74, 6) is 0. The molecule has 2 aromatic rings. The van der Waals surface area contributed by atoms with Gasteiger partial charge in [-0.2, -0.15) is 52.7 Å². The first-order chi connectivity index (χ1) is 19.4. The molecule has 0 radical (unpaired) electrons. The van der Waals surface area contributed by atoms with Crippen molar-refractivity contribution < 1.29 is 87.4 Å². The molecule has 0 fully saturated rings. The van der Waals surface area contributed by atoms with E-state index in [0.717, 1.165) is 26.0 Å². The Bertz CT molecular complexity index is 1130. The van der Waals surface area contributed by atoms with Crippen molar-refractivity contribution in [2.45, 2.75) is 89.5 Å². The van der Waals surface area contributed by atoms with E-state index < -0.39 is 64.0 Å². The van der Waals surface area contributed by atoms with Crippen molar-refractivity contribution in [1.29, 1.82) is 0 Å². The molecule has 0 unspecified atom stereocenters.